The third kappa shape index (κ3) is 0.909. The van der Waals surface area contributed by atoms with Crippen LogP contribution in [0.25, 0.3) is 0 Å². The van der Waals surface area contributed by atoms with Crippen LogP contribution in [0.1, 0.15) is 15.9 Å². The first-order chi connectivity index (χ1) is 5.27. The molecule has 0 fully saturated rings. The molecule has 2 rings (SSSR count). The van der Waals surface area contributed by atoms with Crippen molar-refractivity contribution in [1.29, 1.82) is 0 Å². The number of hydrogen-bond donors (Lipinski definition) is 0. The molecule has 0 saturated carbocycles. The maximum Gasteiger partial charge on any atom is 0.203 e. The largest absolute Gasteiger partial charge is 0.485 e. The molecule has 1 aliphatic rings. The van der Waals surface area contributed by atoms with Crippen molar-refractivity contribution < 1.29 is 9.53 Å². The third-order valence-corrected chi connectivity index (χ3v) is 1.79. The summed E-state index contributed by atoms with van der Waals surface area (Å²) >= 11 is 0. The van der Waals surface area contributed by atoms with Crippen LogP contribution < -0.4 is 4.74 Å². The summed E-state index contributed by atoms with van der Waals surface area (Å²) in [4.78, 5) is 11.1. The Morgan fingerprint density at radius 1 is 1.45 bits per heavy atom. The van der Waals surface area contributed by atoms with Crippen LogP contribution in [-0.2, 0) is 0 Å². The molecule has 2 heteroatoms. The van der Waals surface area contributed by atoms with E-state index in [0.717, 1.165) is 16.9 Å². The fourth-order valence-electron chi connectivity index (χ4n) is 1.21. The van der Waals surface area contributed by atoms with Gasteiger partial charge < -0.3 is 4.74 Å². The van der Waals surface area contributed by atoms with E-state index < -0.39 is 0 Å². The molecule has 0 aliphatic carbocycles. The highest BCUT2D eigenvalue weighted by Gasteiger charge is 2.19. The first kappa shape index (κ1) is 6.40. The quantitative estimate of drug-likeness (QED) is 0.558. The lowest BCUT2D eigenvalue weighted by atomic mass is 10.1. The fraction of sp³-hybridized carbons (Fsp3) is 0.222. The third-order valence-electron chi connectivity index (χ3n) is 1.79. The second kappa shape index (κ2) is 2.09. The lowest BCUT2D eigenvalue weighted by molar-refractivity contribution is 0.0961. The molecule has 1 aromatic carbocycles. The maximum absolute atomic E-state index is 11.1. The van der Waals surface area contributed by atoms with Gasteiger partial charge >= 0.3 is 0 Å². The number of aryl methyl sites for hydroxylation is 1. The summed E-state index contributed by atoms with van der Waals surface area (Å²) in [5.41, 5.74) is 1.83. The summed E-state index contributed by atoms with van der Waals surface area (Å²) in [6.07, 6.45) is 0. The van der Waals surface area contributed by atoms with E-state index in [1.165, 1.54) is 0 Å². The number of hydrogen-bond acceptors (Lipinski definition) is 2. The summed E-state index contributed by atoms with van der Waals surface area (Å²) in [6, 6.07) is 5.65. The topological polar surface area (TPSA) is 26.3 Å². The van der Waals surface area contributed by atoms with Crippen LogP contribution in [0.15, 0.2) is 18.2 Å². The van der Waals surface area contributed by atoms with Crippen LogP contribution in [0, 0.1) is 6.92 Å². The van der Waals surface area contributed by atoms with Crippen molar-refractivity contribution in [2.24, 2.45) is 0 Å². The number of Topliss-reactive ketones (excluding diaryl/α,β-unsaturated/α-hetero) is 1. The molecule has 0 aromatic heterocycles. The van der Waals surface area contributed by atoms with Crippen molar-refractivity contribution in [3.05, 3.63) is 29.3 Å². The number of ketones is 1. The van der Waals surface area contributed by atoms with Crippen molar-refractivity contribution in [3.63, 3.8) is 0 Å². The van der Waals surface area contributed by atoms with E-state index in [-0.39, 0.29) is 12.4 Å². The first-order valence-electron chi connectivity index (χ1n) is 3.54. The molecule has 0 bridgehead atoms. The van der Waals surface area contributed by atoms with Gasteiger partial charge in [0.15, 0.2) is 6.61 Å². The second-order valence-electron chi connectivity index (χ2n) is 2.71. The van der Waals surface area contributed by atoms with E-state index in [2.05, 4.69) is 0 Å². The van der Waals surface area contributed by atoms with Gasteiger partial charge in [0.25, 0.3) is 0 Å². The Balaban J connectivity index is 2.60. The molecule has 0 N–H and O–H groups in total. The minimum atomic E-state index is 0.0868. The number of ether oxygens (including phenoxy) is 1. The molecule has 56 valence electrons. The zero-order valence-corrected chi connectivity index (χ0v) is 6.26. The van der Waals surface area contributed by atoms with Gasteiger partial charge in [-0.2, -0.15) is 0 Å². The Kier molecular flexibility index (Phi) is 1.22. The molecule has 0 amide bonds. The predicted octanol–water partition coefficient (Wildman–Crippen LogP) is 1.57. The van der Waals surface area contributed by atoms with Gasteiger partial charge in [0, 0.05) is 0 Å². The van der Waals surface area contributed by atoms with Gasteiger partial charge in [-0.3, -0.25) is 4.79 Å². The monoisotopic (exact) mass is 148 g/mol. The summed E-state index contributed by atoms with van der Waals surface area (Å²) in [5, 5.41) is 0. The van der Waals surface area contributed by atoms with Crippen molar-refractivity contribution in [2.75, 3.05) is 6.61 Å². The van der Waals surface area contributed by atoms with E-state index >= 15 is 0 Å². The van der Waals surface area contributed by atoms with Crippen LogP contribution in [-0.4, -0.2) is 12.4 Å². The average molecular weight is 148 g/mol. The van der Waals surface area contributed by atoms with Gasteiger partial charge in [0.1, 0.15) is 5.75 Å². The smallest absolute Gasteiger partial charge is 0.203 e. The zero-order valence-electron chi connectivity index (χ0n) is 6.26. The van der Waals surface area contributed by atoms with E-state index in [1.807, 2.05) is 25.1 Å². The molecule has 0 radical (unpaired) electrons. The van der Waals surface area contributed by atoms with Gasteiger partial charge in [0.2, 0.25) is 5.78 Å². The lowest BCUT2D eigenvalue weighted by Crippen LogP contribution is -1.98. The van der Waals surface area contributed by atoms with E-state index in [4.69, 9.17) is 4.74 Å². The van der Waals surface area contributed by atoms with Crippen molar-refractivity contribution >= 4 is 5.78 Å². The maximum atomic E-state index is 11.1. The lowest BCUT2D eigenvalue weighted by Gasteiger charge is -1.96. The summed E-state index contributed by atoms with van der Waals surface area (Å²) < 4.78 is 5.12. The SMILES string of the molecule is Cc1ccc2c(c1)C(=O)CO2. The highest BCUT2D eigenvalue weighted by molar-refractivity contribution is 6.02. The summed E-state index contributed by atoms with van der Waals surface area (Å²) in [7, 11) is 0. The van der Waals surface area contributed by atoms with E-state index in [9.17, 15) is 4.79 Å². The Bertz CT molecular complexity index is 315. The number of benzene rings is 1. The molecule has 1 heterocycles. The van der Waals surface area contributed by atoms with Crippen LogP contribution in [0.5, 0.6) is 5.75 Å². The number of rotatable bonds is 0. The minimum absolute atomic E-state index is 0.0868. The molecule has 1 aliphatic heterocycles. The Labute approximate surface area is 64.8 Å². The standard InChI is InChI=1S/C9H8O2/c1-6-2-3-9-7(4-6)8(10)5-11-9/h2-4H,5H2,1H3. The van der Waals surface area contributed by atoms with E-state index in [0.29, 0.717) is 0 Å². The van der Waals surface area contributed by atoms with Gasteiger partial charge in [-0.15, -0.1) is 0 Å². The first-order valence-corrected chi connectivity index (χ1v) is 3.54. The molecule has 1 aromatic rings. The van der Waals surface area contributed by atoms with Crippen LogP contribution >= 0.6 is 0 Å². The number of fused-ring (bicyclic) bond motifs is 1. The second-order valence-corrected chi connectivity index (χ2v) is 2.71. The molecule has 2 nitrogen and oxygen atoms in total. The van der Waals surface area contributed by atoms with Gasteiger partial charge in [-0.1, -0.05) is 11.6 Å². The Hall–Kier alpha value is -1.31. The predicted molar refractivity (Wildman–Crippen MR) is 41.0 cm³/mol. The molecule has 0 spiro atoms. The zero-order chi connectivity index (χ0) is 7.84. The molecular weight excluding hydrogens is 140 g/mol. The molecule has 11 heavy (non-hydrogen) atoms. The molecule has 0 atom stereocenters. The minimum Gasteiger partial charge on any atom is -0.485 e. The van der Waals surface area contributed by atoms with Crippen molar-refractivity contribution in [2.45, 2.75) is 6.92 Å². The fourth-order valence-corrected chi connectivity index (χ4v) is 1.21. The number of carbonyl (C=O) groups is 1. The molecule has 0 saturated heterocycles. The summed E-state index contributed by atoms with van der Waals surface area (Å²) in [6.45, 7) is 2.17. The van der Waals surface area contributed by atoms with E-state index in [1.54, 1.807) is 0 Å². The van der Waals surface area contributed by atoms with Gasteiger partial charge in [0.05, 0.1) is 5.56 Å². The van der Waals surface area contributed by atoms with Crippen LogP contribution in [0.4, 0.5) is 0 Å². The Morgan fingerprint density at radius 3 is 3.09 bits per heavy atom. The van der Waals surface area contributed by atoms with Gasteiger partial charge in [-0.05, 0) is 19.1 Å². The molecule has 0 unspecified atom stereocenters. The highest BCUT2D eigenvalue weighted by atomic mass is 16.5. The van der Waals surface area contributed by atoms with Crippen LogP contribution in [0.2, 0.25) is 0 Å². The normalized spacial score (nSPS) is 14.5. The average Bonchev–Trinajstić information content (AvgIpc) is 2.33. The van der Waals surface area contributed by atoms with Crippen molar-refractivity contribution in [1.82, 2.24) is 0 Å². The molecular formula is C9H8O2. The van der Waals surface area contributed by atoms with Crippen LogP contribution in [0.3, 0.4) is 0 Å². The van der Waals surface area contributed by atoms with Crippen molar-refractivity contribution in [3.8, 4) is 5.75 Å². The number of carbonyl (C=O) groups excluding carboxylic acids is 1. The Morgan fingerprint density at radius 2 is 2.27 bits per heavy atom. The van der Waals surface area contributed by atoms with Gasteiger partial charge in [-0.25, -0.2) is 0 Å². The summed E-state index contributed by atoms with van der Waals surface area (Å²) in [5.74, 6) is 0.810. The highest BCUT2D eigenvalue weighted by Crippen LogP contribution is 2.25.